The van der Waals surface area contributed by atoms with Crippen molar-refractivity contribution in [3.63, 3.8) is 0 Å². The van der Waals surface area contributed by atoms with Crippen LogP contribution in [0.15, 0.2) is 37.2 Å². The summed E-state index contributed by atoms with van der Waals surface area (Å²) in [7, 11) is 0. The van der Waals surface area contributed by atoms with Crippen molar-refractivity contribution in [2.45, 2.75) is 0 Å². The van der Waals surface area contributed by atoms with E-state index in [1.165, 1.54) is 0 Å². The highest BCUT2D eigenvalue weighted by Crippen LogP contribution is 2.07. The lowest BCUT2D eigenvalue weighted by Gasteiger charge is -1.99. The van der Waals surface area contributed by atoms with Crippen LogP contribution in [0.25, 0.3) is 11.5 Å². The minimum absolute atomic E-state index is 0.676. The van der Waals surface area contributed by atoms with Crippen LogP contribution < -0.4 is 0 Å². The lowest BCUT2D eigenvalue weighted by Crippen LogP contribution is -2.01. The fourth-order valence-electron chi connectivity index (χ4n) is 1.30. The molecule has 0 aliphatic carbocycles. The van der Waals surface area contributed by atoms with Gasteiger partial charge < -0.3 is 0 Å². The standard InChI is InChI=1S/C8H6N6/c1-2-11-14(4-1)7-8-12-10-6-13(8)5-3-9-7/h1-6H. The van der Waals surface area contributed by atoms with Crippen molar-refractivity contribution in [3.8, 4) is 5.82 Å². The van der Waals surface area contributed by atoms with Gasteiger partial charge in [-0.2, -0.15) is 5.10 Å². The fraction of sp³-hybridized carbons (Fsp3) is 0. The van der Waals surface area contributed by atoms with Crippen LogP contribution in [0, 0.1) is 0 Å². The summed E-state index contributed by atoms with van der Waals surface area (Å²) < 4.78 is 3.45. The van der Waals surface area contributed by atoms with Gasteiger partial charge in [-0.1, -0.05) is 0 Å². The van der Waals surface area contributed by atoms with Crippen LogP contribution in [0.4, 0.5) is 0 Å². The van der Waals surface area contributed by atoms with E-state index in [4.69, 9.17) is 0 Å². The third-order valence-corrected chi connectivity index (χ3v) is 1.92. The maximum absolute atomic E-state index is 4.20. The molecule has 3 aromatic heterocycles. The van der Waals surface area contributed by atoms with Crippen molar-refractivity contribution in [1.82, 2.24) is 29.4 Å². The molecule has 0 aliphatic rings. The average Bonchev–Trinajstić information content (AvgIpc) is 2.88. The van der Waals surface area contributed by atoms with Gasteiger partial charge in [0.1, 0.15) is 6.33 Å². The average molecular weight is 186 g/mol. The molecule has 0 bridgehead atoms. The van der Waals surface area contributed by atoms with E-state index in [0.29, 0.717) is 11.5 Å². The molecule has 6 nitrogen and oxygen atoms in total. The highest BCUT2D eigenvalue weighted by Gasteiger charge is 2.05. The van der Waals surface area contributed by atoms with E-state index in [1.807, 2.05) is 12.3 Å². The first kappa shape index (κ1) is 7.19. The minimum atomic E-state index is 0.676. The van der Waals surface area contributed by atoms with Gasteiger partial charge in [-0.15, -0.1) is 10.2 Å². The Kier molecular flexibility index (Phi) is 1.35. The van der Waals surface area contributed by atoms with Crippen LogP contribution in [-0.2, 0) is 0 Å². The first-order valence-electron chi connectivity index (χ1n) is 4.09. The van der Waals surface area contributed by atoms with Crippen LogP contribution in [0.5, 0.6) is 0 Å². The highest BCUT2D eigenvalue weighted by molar-refractivity contribution is 5.52. The fourth-order valence-corrected chi connectivity index (χ4v) is 1.30. The molecule has 14 heavy (non-hydrogen) atoms. The number of aromatic nitrogens is 6. The smallest absolute Gasteiger partial charge is 0.205 e. The van der Waals surface area contributed by atoms with Gasteiger partial charge in [-0.05, 0) is 6.07 Å². The third kappa shape index (κ3) is 0.905. The molecule has 0 N–H and O–H groups in total. The summed E-state index contributed by atoms with van der Waals surface area (Å²) in [5, 5.41) is 11.9. The van der Waals surface area contributed by atoms with E-state index in [0.717, 1.165) is 0 Å². The highest BCUT2D eigenvalue weighted by atomic mass is 15.3. The molecule has 6 heteroatoms. The molecule has 0 amide bonds. The van der Waals surface area contributed by atoms with E-state index >= 15 is 0 Å². The van der Waals surface area contributed by atoms with Gasteiger partial charge in [-0.3, -0.25) is 4.40 Å². The van der Waals surface area contributed by atoms with Crippen LogP contribution in [0.3, 0.4) is 0 Å². The summed E-state index contributed by atoms with van der Waals surface area (Å²) in [6.45, 7) is 0. The van der Waals surface area contributed by atoms with E-state index in [2.05, 4.69) is 20.3 Å². The Morgan fingerprint density at radius 2 is 2.14 bits per heavy atom. The summed E-state index contributed by atoms with van der Waals surface area (Å²) in [4.78, 5) is 4.20. The van der Waals surface area contributed by atoms with Crippen molar-refractivity contribution in [3.05, 3.63) is 37.2 Å². The van der Waals surface area contributed by atoms with E-state index in [9.17, 15) is 0 Å². The molecular formula is C8H6N6. The van der Waals surface area contributed by atoms with Gasteiger partial charge in [-0.25, -0.2) is 9.67 Å². The molecule has 0 atom stereocenters. The molecule has 3 aromatic rings. The maximum Gasteiger partial charge on any atom is 0.205 e. The summed E-state index contributed by atoms with van der Waals surface area (Å²) >= 11 is 0. The van der Waals surface area contributed by atoms with Crippen molar-refractivity contribution in [2.75, 3.05) is 0 Å². The van der Waals surface area contributed by atoms with Crippen molar-refractivity contribution in [1.29, 1.82) is 0 Å². The topological polar surface area (TPSA) is 60.9 Å². The van der Waals surface area contributed by atoms with Gasteiger partial charge in [0.05, 0.1) is 0 Å². The Balaban J connectivity index is 2.36. The zero-order chi connectivity index (χ0) is 9.38. The molecule has 0 saturated heterocycles. The zero-order valence-corrected chi connectivity index (χ0v) is 7.15. The quantitative estimate of drug-likeness (QED) is 0.548. The predicted molar refractivity (Wildman–Crippen MR) is 47.9 cm³/mol. The van der Waals surface area contributed by atoms with Gasteiger partial charge in [0, 0.05) is 24.8 Å². The first-order valence-corrected chi connectivity index (χ1v) is 4.09. The lowest BCUT2D eigenvalue weighted by molar-refractivity contribution is 0.841. The Hall–Kier alpha value is -2.24. The summed E-state index contributed by atoms with van der Waals surface area (Å²) in [6, 6.07) is 1.83. The summed E-state index contributed by atoms with van der Waals surface area (Å²) in [6.07, 6.45) is 8.62. The van der Waals surface area contributed by atoms with Gasteiger partial charge >= 0.3 is 0 Å². The Morgan fingerprint density at radius 3 is 3.00 bits per heavy atom. The molecule has 68 valence electrons. The normalized spacial score (nSPS) is 10.9. The molecule has 3 rings (SSSR count). The van der Waals surface area contributed by atoms with E-state index in [-0.39, 0.29) is 0 Å². The summed E-state index contributed by atoms with van der Waals surface area (Å²) in [5.41, 5.74) is 0.691. The third-order valence-electron chi connectivity index (χ3n) is 1.92. The number of hydrogen-bond acceptors (Lipinski definition) is 4. The molecule has 0 aromatic carbocycles. The maximum atomic E-state index is 4.20. The number of fused-ring (bicyclic) bond motifs is 1. The van der Waals surface area contributed by atoms with E-state index in [1.54, 1.807) is 34.0 Å². The van der Waals surface area contributed by atoms with Gasteiger partial charge in [0.15, 0.2) is 5.82 Å². The van der Waals surface area contributed by atoms with Crippen molar-refractivity contribution >= 4 is 5.65 Å². The molecule has 0 saturated carbocycles. The van der Waals surface area contributed by atoms with Crippen LogP contribution in [0.1, 0.15) is 0 Å². The van der Waals surface area contributed by atoms with E-state index < -0.39 is 0 Å². The SMILES string of the molecule is c1cnn(-c2nccn3cnnc23)c1. The molecular weight excluding hydrogens is 180 g/mol. The van der Waals surface area contributed by atoms with Gasteiger partial charge in [0.25, 0.3) is 0 Å². The number of rotatable bonds is 1. The second kappa shape index (κ2) is 2.63. The molecule has 3 heterocycles. The van der Waals surface area contributed by atoms with Crippen molar-refractivity contribution in [2.24, 2.45) is 0 Å². The summed E-state index contributed by atoms with van der Waals surface area (Å²) in [5.74, 6) is 0.676. The zero-order valence-electron chi connectivity index (χ0n) is 7.15. The second-order valence-electron chi connectivity index (χ2n) is 2.76. The minimum Gasteiger partial charge on any atom is -0.284 e. The number of nitrogens with zero attached hydrogens (tertiary/aromatic N) is 6. The monoisotopic (exact) mass is 186 g/mol. The first-order chi connectivity index (χ1) is 6.95. The Morgan fingerprint density at radius 1 is 1.14 bits per heavy atom. The second-order valence-corrected chi connectivity index (χ2v) is 2.76. The largest absolute Gasteiger partial charge is 0.284 e. The van der Waals surface area contributed by atoms with Crippen LogP contribution in [-0.4, -0.2) is 29.4 Å². The Labute approximate surface area is 78.8 Å². The lowest BCUT2D eigenvalue weighted by atomic mass is 10.6. The Bertz CT molecular complexity index is 552. The van der Waals surface area contributed by atoms with Crippen LogP contribution >= 0.6 is 0 Å². The van der Waals surface area contributed by atoms with Crippen molar-refractivity contribution < 1.29 is 0 Å². The molecule has 0 fully saturated rings. The van der Waals surface area contributed by atoms with Crippen LogP contribution in [0.2, 0.25) is 0 Å². The molecule has 0 radical (unpaired) electrons. The molecule has 0 spiro atoms. The van der Waals surface area contributed by atoms with Gasteiger partial charge in [0.2, 0.25) is 5.65 Å². The molecule has 0 unspecified atom stereocenters. The molecule has 0 aliphatic heterocycles. The number of hydrogen-bond donors (Lipinski definition) is 0. The predicted octanol–water partition coefficient (Wildman–Crippen LogP) is 0.310.